The van der Waals surface area contributed by atoms with E-state index in [0.29, 0.717) is 28.4 Å². The first-order valence-electron chi connectivity index (χ1n) is 8.87. The number of nitrogens with zero attached hydrogens (tertiary/aromatic N) is 1. The van der Waals surface area contributed by atoms with Gasteiger partial charge >= 0.3 is 0 Å². The number of methoxy groups -OCH3 is 1. The van der Waals surface area contributed by atoms with Crippen LogP contribution in [0.1, 0.15) is 12.7 Å². The Labute approximate surface area is 167 Å². The molecule has 8 heteroatoms. The van der Waals surface area contributed by atoms with Gasteiger partial charge in [0.05, 0.1) is 24.8 Å². The number of nitro benzene ring substituents is 1. The first-order valence-corrected chi connectivity index (χ1v) is 8.87. The number of carbonyl (C=O) groups excluding carboxylic acids is 1. The molecule has 1 aromatic heterocycles. The fourth-order valence-corrected chi connectivity index (χ4v) is 2.71. The summed E-state index contributed by atoms with van der Waals surface area (Å²) in [6, 6.07) is 14.8. The molecule has 3 aromatic rings. The Hall–Kier alpha value is -3.81. The number of nitrogens with one attached hydrogen (secondary N) is 1. The van der Waals surface area contributed by atoms with Gasteiger partial charge in [0.25, 0.3) is 11.6 Å². The summed E-state index contributed by atoms with van der Waals surface area (Å²) < 4.78 is 16.2. The van der Waals surface area contributed by atoms with Crippen molar-refractivity contribution in [2.45, 2.75) is 19.6 Å². The van der Waals surface area contributed by atoms with Crippen molar-refractivity contribution in [1.29, 1.82) is 0 Å². The number of rotatable bonds is 8. The Balaban J connectivity index is 1.81. The van der Waals surface area contributed by atoms with Gasteiger partial charge in [0.1, 0.15) is 17.3 Å². The van der Waals surface area contributed by atoms with E-state index in [2.05, 4.69) is 5.32 Å². The summed E-state index contributed by atoms with van der Waals surface area (Å²) in [4.78, 5) is 23.1. The molecule has 0 fully saturated rings. The molecule has 0 radical (unpaired) electrons. The predicted octanol–water partition coefficient (Wildman–Crippen LogP) is 3.95. The van der Waals surface area contributed by atoms with Gasteiger partial charge in [-0.3, -0.25) is 14.9 Å². The van der Waals surface area contributed by atoms with E-state index in [1.807, 2.05) is 0 Å². The molecule has 3 rings (SSSR count). The lowest BCUT2D eigenvalue weighted by Crippen LogP contribution is -2.35. The Morgan fingerprint density at radius 3 is 2.59 bits per heavy atom. The second-order valence-electron chi connectivity index (χ2n) is 6.22. The van der Waals surface area contributed by atoms with Gasteiger partial charge in [-0.15, -0.1) is 0 Å². The molecule has 1 heterocycles. The van der Waals surface area contributed by atoms with E-state index in [1.165, 1.54) is 24.5 Å². The van der Waals surface area contributed by atoms with E-state index < -0.39 is 11.0 Å². The SMILES string of the molecule is COc1ccc(-c2cc([N+](=O)[O-])ccc2O[C@@H](C)C(=O)NCc2ccco2)cc1. The van der Waals surface area contributed by atoms with Gasteiger partial charge in [-0.25, -0.2) is 0 Å². The van der Waals surface area contributed by atoms with Crippen LogP contribution in [0.4, 0.5) is 5.69 Å². The zero-order valence-electron chi connectivity index (χ0n) is 16.0. The number of non-ortho nitro benzene ring substituents is 1. The zero-order chi connectivity index (χ0) is 20.8. The third kappa shape index (κ3) is 4.92. The second-order valence-corrected chi connectivity index (χ2v) is 6.22. The molecular weight excluding hydrogens is 376 g/mol. The highest BCUT2D eigenvalue weighted by Crippen LogP contribution is 2.35. The Kier molecular flexibility index (Phi) is 6.13. The number of benzene rings is 2. The molecule has 1 atom stereocenters. The normalized spacial score (nSPS) is 11.5. The monoisotopic (exact) mass is 396 g/mol. The van der Waals surface area contributed by atoms with Crippen molar-refractivity contribution in [3.05, 3.63) is 76.7 Å². The number of hydrogen-bond acceptors (Lipinski definition) is 6. The molecule has 150 valence electrons. The molecule has 29 heavy (non-hydrogen) atoms. The van der Waals surface area contributed by atoms with E-state index in [9.17, 15) is 14.9 Å². The third-order valence-corrected chi connectivity index (χ3v) is 4.26. The van der Waals surface area contributed by atoms with Crippen LogP contribution in [0, 0.1) is 10.1 Å². The first-order chi connectivity index (χ1) is 14.0. The second kappa shape index (κ2) is 8.92. The summed E-state index contributed by atoms with van der Waals surface area (Å²) in [6.07, 6.45) is 0.711. The number of nitro groups is 1. The van der Waals surface area contributed by atoms with Gasteiger partial charge < -0.3 is 19.2 Å². The van der Waals surface area contributed by atoms with Crippen LogP contribution in [0.15, 0.2) is 65.3 Å². The molecule has 1 N–H and O–H groups in total. The van der Waals surface area contributed by atoms with Crippen LogP contribution in [0.2, 0.25) is 0 Å². The quantitative estimate of drug-likeness (QED) is 0.457. The zero-order valence-corrected chi connectivity index (χ0v) is 16.0. The van der Waals surface area contributed by atoms with Gasteiger partial charge in [0.15, 0.2) is 6.10 Å². The van der Waals surface area contributed by atoms with Gasteiger partial charge in [-0.05, 0) is 42.8 Å². The predicted molar refractivity (Wildman–Crippen MR) is 106 cm³/mol. The molecule has 8 nitrogen and oxygen atoms in total. The fourth-order valence-electron chi connectivity index (χ4n) is 2.71. The van der Waals surface area contributed by atoms with Crippen molar-refractivity contribution >= 4 is 11.6 Å². The van der Waals surface area contributed by atoms with Crippen molar-refractivity contribution in [2.75, 3.05) is 7.11 Å². The largest absolute Gasteiger partial charge is 0.497 e. The lowest BCUT2D eigenvalue weighted by molar-refractivity contribution is -0.384. The number of ether oxygens (including phenoxy) is 2. The van der Waals surface area contributed by atoms with E-state index in [0.717, 1.165) is 0 Å². The summed E-state index contributed by atoms with van der Waals surface area (Å²) in [5.74, 6) is 1.31. The lowest BCUT2D eigenvalue weighted by atomic mass is 10.0. The Morgan fingerprint density at radius 2 is 1.97 bits per heavy atom. The Bertz CT molecular complexity index is 983. The summed E-state index contributed by atoms with van der Waals surface area (Å²) in [7, 11) is 1.56. The van der Waals surface area contributed by atoms with Crippen LogP contribution in [-0.4, -0.2) is 24.0 Å². The maximum Gasteiger partial charge on any atom is 0.270 e. The van der Waals surface area contributed by atoms with Gasteiger partial charge in [0.2, 0.25) is 0 Å². The average Bonchev–Trinajstić information content (AvgIpc) is 3.26. The van der Waals surface area contributed by atoms with Crippen molar-refractivity contribution < 1.29 is 23.6 Å². The van der Waals surface area contributed by atoms with Crippen molar-refractivity contribution in [1.82, 2.24) is 5.32 Å². The lowest BCUT2D eigenvalue weighted by Gasteiger charge is -2.17. The maximum absolute atomic E-state index is 12.3. The minimum absolute atomic E-state index is 0.0712. The van der Waals surface area contributed by atoms with Crippen LogP contribution < -0.4 is 14.8 Å². The highest BCUT2D eigenvalue weighted by molar-refractivity contribution is 5.81. The molecular formula is C21H20N2O6. The standard InChI is InChI=1S/C21H20N2O6/c1-14(21(24)22-13-18-4-3-11-28-18)29-20-10-7-16(23(25)26)12-19(20)15-5-8-17(27-2)9-6-15/h3-12,14H,13H2,1-2H3,(H,22,24)/t14-/m0/s1. The minimum Gasteiger partial charge on any atom is -0.497 e. The van der Waals surface area contributed by atoms with Crippen LogP contribution >= 0.6 is 0 Å². The molecule has 0 aliphatic heterocycles. The van der Waals surface area contributed by atoms with Gasteiger partial charge in [-0.1, -0.05) is 12.1 Å². The number of amides is 1. The number of hydrogen-bond donors (Lipinski definition) is 1. The van der Waals surface area contributed by atoms with Crippen LogP contribution in [0.25, 0.3) is 11.1 Å². The smallest absolute Gasteiger partial charge is 0.270 e. The molecule has 0 saturated carbocycles. The third-order valence-electron chi connectivity index (χ3n) is 4.26. The van der Waals surface area contributed by atoms with E-state index >= 15 is 0 Å². The van der Waals surface area contributed by atoms with Crippen LogP contribution in [-0.2, 0) is 11.3 Å². The van der Waals surface area contributed by atoms with Crippen LogP contribution in [0.3, 0.4) is 0 Å². The molecule has 2 aromatic carbocycles. The molecule has 0 saturated heterocycles. The van der Waals surface area contributed by atoms with E-state index in [4.69, 9.17) is 13.9 Å². The average molecular weight is 396 g/mol. The summed E-state index contributed by atoms with van der Waals surface area (Å²) in [5.41, 5.74) is 1.14. The first kappa shape index (κ1) is 19.9. The maximum atomic E-state index is 12.3. The molecule has 0 spiro atoms. The number of carbonyl (C=O) groups is 1. The molecule has 0 unspecified atom stereocenters. The topological polar surface area (TPSA) is 104 Å². The molecule has 0 bridgehead atoms. The van der Waals surface area contributed by atoms with Crippen LogP contribution in [0.5, 0.6) is 11.5 Å². The molecule has 1 amide bonds. The highest BCUT2D eigenvalue weighted by Gasteiger charge is 2.19. The fraction of sp³-hybridized carbons (Fsp3) is 0.190. The Morgan fingerprint density at radius 1 is 1.21 bits per heavy atom. The molecule has 0 aliphatic rings. The summed E-state index contributed by atoms with van der Waals surface area (Å²) in [5, 5.41) is 13.9. The van der Waals surface area contributed by atoms with Gasteiger partial charge in [0, 0.05) is 17.7 Å². The summed E-state index contributed by atoms with van der Waals surface area (Å²) >= 11 is 0. The molecule has 0 aliphatic carbocycles. The van der Waals surface area contributed by atoms with Crippen molar-refractivity contribution in [3.8, 4) is 22.6 Å². The highest BCUT2D eigenvalue weighted by atomic mass is 16.6. The van der Waals surface area contributed by atoms with Crippen molar-refractivity contribution in [3.63, 3.8) is 0 Å². The van der Waals surface area contributed by atoms with Crippen molar-refractivity contribution in [2.24, 2.45) is 0 Å². The van der Waals surface area contributed by atoms with E-state index in [-0.39, 0.29) is 18.1 Å². The minimum atomic E-state index is -0.816. The summed E-state index contributed by atoms with van der Waals surface area (Å²) in [6.45, 7) is 1.85. The van der Waals surface area contributed by atoms with Gasteiger partial charge in [-0.2, -0.15) is 0 Å². The number of furan rings is 1. The van der Waals surface area contributed by atoms with E-state index in [1.54, 1.807) is 50.4 Å².